The van der Waals surface area contributed by atoms with Gasteiger partial charge in [-0.15, -0.1) is 13.2 Å². The number of carbonyl (C=O) groups excluding carboxylic acids is 2. The third-order valence-electron chi connectivity index (χ3n) is 6.30. The van der Waals surface area contributed by atoms with Crippen molar-refractivity contribution in [3.63, 3.8) is 0 Å². The molecule has 2 heterocycles. The Morgan fingerprint density at radius 3 is 2.32 bits per heavy atom. The molecule has 2 aliphatic rings. The van der Waals surface area contributed by atoms with Crippen LogP contribution < -0.4 is 14.4 Å². The SMILES string of the molecule is O=C1N(c2ccc(OC(F)(F)F)cc2)C(=O)C2(CC2)N1Cc1ccncc1NS(=O)(=O)Cc1ccccc1. The quantitative estimate of drug-likeness (QED) is 0.419. The van der Waals surface area contributed by atoms with E-state index in [9.17, 15) is 31.2 Å². The van der Waals surface area contributed by atoms with Gasteiger partial charge in [-0.2, -0.15) is 0 Å². The molecule has 1 aromatic heterocycles. The molecule has 2 fully saturated rings. The Bertz CT molecular complexity index is 1480. The van der Waals surface area contributed by atoms with Gasteiger partial charge < -0.3 is 9.64 Å². The maximum Gasteiger partial charge on any atom is 0.573 e. The number of nitrogens with zero attached hydrogens (tertiary/aromatic N) is 3. The summed E-state index contributed by atoms with van der Waals surface area (Å²) in [6, 6.07) is 13.9. The van der Waals surface area contributed by atoms with Crippen LogP contribution in [0.1, 0.15) is 24.0 Å². The summed E-state index contributed by atoms with van der Waals surface area (Å²) in [7, 11) is -3.81. The first-order valence-electron chi connectivity index (χ1n) is 11.5. The summed E-state index contributed by atoms with van der Waals surface area (Å²) in [6.07, 6.45) is -1.28. The number of sulfonamides is 1. The van der Waals surface area contributed by atoms with E-state index in [1.807, 2.05) is 0 Å². The van der Waals surface area contributed by atoms with Gasteiger partial charge in [-0.25, -0.2) is 18.1 Å². The number of hydrogen-bond donors (Lipinski definition) is 1. The largest absolute Gasteiger partial charge is 0.573 e. The molecule has 0 unspecified atom stereocenters. The lowest BCUT2D eigenvalue weighted by Crippen LogP contribution is -2.36. The highest BCUT2D eigenvalue weighted by Gasteiger charge is 2.65. The normalized spacial score (nSPS) is 16.7. The minimum absolute atomic E-state index is 0.0813. The number of ether oxygens (including phenoxy) is 1. The van der Waals surface area contributed by atoms with Crippen LogP contribution in [0.15, 0.2) is 73.1 Å². The van der Waals surface area contributed by atoms with Gasteiger partial charge in [0, 0.05) is 6.20 Å². The van der Waals surface area contributed by atoms with E-state index < -0.39 is 39.6 Å². The smallest absolute Gasteiger partial charge is 0.406 e. The predicted octanol–water partition coefficient (Wildman–Crippen LogP) is 4.42. The highest BCUT2D eigenvalue weighted by atomic mass is 32.2. The van der Waals surface area contributed by atoms with Crippen LogP contribution in [0, 0.1) is 0 Å². The van der Waals surface area contributed by atoms with Crippen molar-refractivity contribution in [3.8, 4) is 5.75 Å². The first-order chi connectivity index (χ1) is 18.0. The Morgan fingerprint density at radius 2 is 1.68 bits per heavy atom. The maximum absolute atomic E-state index is 13.4. The Hall–Kier alpha value is -4.13. The third-order valence-corrected chi connectivity index (χ3v) is 7.54. The van der Waals surface area contributed by atoms with Gasteiger partial charge in [0.25, 0.3) is 5.91 Å². The van der Waals surface area contributed by atoms with E-state index in [1.165, 1.54) is 29.4 Å². The number of anilines is 2. The van der Waals surface area contributed by atoms with E-state index in [0.717, 1.165) is 17.0 Å². The molecule has 1 aliphatic carbocycles. The molecule has 5 rings (SSSR count). The number of pyridine rings is 1. The summed E-state index contributed by atoms with van der Waals surface area (Å²) < 4.78 is 69.4. The molecule has 1 saturated carbocycles. The van der Waals surface area contributed by atoms with Crippen LogP contribution in [0.5, 0.6) is 5.75 Å². The summed E-state index contributed by atoms with van der Waals surface area (Å²) in [4.78, 5) is 32.9. The Morgan fingerprint density at radius 1 is 1.00 bits per heavy atom. The molecular weight excluding hydrogens is 525 g/mol. The van der Waals surface area contributed by atoms with Gasteiger partial charge in [0.15, 0.2) is 0 Å². The molecule has 2 aromatic carbocycles. The lowest BCUT2D eigenvalue weighted by atomic mass is 10.1. The Labute approximate surface area is 215 Å². The van der Waals surface area contributed by atoms with E-state index in [2.05, 4.69) is 14.4 Å². The second-order valence-corrected chi connectivity index (χ2v) is 10.7. The average molecular weight is 547 g/mol. The Kier molecular flexibility index (Phi) is 6.25. The number of imide groups is 1. The van der Waals surface area contributed by atoms with Crippen molar-refractivity contribution in [3.05, 3.63) is 84.2 Å². The molecule has 3 amide bonds. The van der Waals surface area contributed by atoms with E-state index in [1.54, 1.807) is 36.4 Å². The second kappa shape index (κ2) is 9.31. The van der Waals surface area contributed by atoms with Gasteiger partial charge in [-0.1, -0.05) is 30.3 Å². The fourth-order valence-electron chi connectivity index (χ4n) is 4.38. The zero-order chi connectivity index (χ0) is 27.1. The molecule has 9 nitrogen and oxygen atoms in total. The van der Waals surface area contributed by atoms with E-state index >= 15 is 0 Å². The molecule has 3 aromatic rings. The van der Waals surface area contributed by atoms with Gasteiger partial charge in [0.05, 0.1) is 29.9 Å². The summed E-state index contributed by atoms with van der Waals surface area (Å²) in [5.41, 5.74) is 0.194. The molecule has 38 heavy (non-hydrogen) atoms. The molecule has 1 spiro atoms. The summed E-state index contributed by atoms with van der Waals surface area (Å²) in [5, 5.41) is 0. The van der Waals surface area contributed by atoms with Crippen LogP contribution in [0.3, 0.4) is 0 Å². The van der Waals surface area contributed by atoms with Gasteiger partial charge >= 0.3 is 12.4 Å². The van der Waals surface area contributed by atoms with E-state index in [0.29, 0.717) is 24.0 Å². The van der Waals surface area contributed by atoms with Crippen LogP contribution >= 0.6 is 0 Å². The molecule has 0 atom stereocenters. The number of alkyl halides is 3. The average Bonchev–Trinajstić information content (AvgIpc) is 3.62. The zero-order valence-corrected chi connectivity index (χ0v) is 20.5. The fraction of sp³-hybridized carbons (Fsp3) is 0.240. The first kappa shape index (κ1) is 25.5. The molecule has 1 aliphatic heterocycles. The number of amides is 3. The van der Waals surface area contributed by atoms with Gasteiger partial charge in [0.2, 0.25) is 10.0 Å². The van der Waals surface area contributed by atoms with Crippen molar-refractivity contribution < 1.29 is 35.9 Å². The zero-order valence-electron chi connectivity index (χ0n) is 19.7. The number of urea groups is 1. The molecule has 198 valence electrons. The minimum atomic E-state index is -4.87. The molecule has 13 heteroatoms. The highest BCUT2D eigenvalue weighted by Crippen LogP contribution is 2.50. The number of halogens is 3. The van der Waals surface area contributed by atoms with Crippen LogP contribution in [-0.4, -0.2) is 42.1 Å². The topological polar surface area (TPSA) is 109 Å². The van der Waals surface area contributed by atoms with Gasteiger partial charge in [-0.3, -0.25) is 14.5 Å². The lowest BCUT2D eigenvalue weighted by molar-refractivity contribution is -0.274. The fourth-order valence-corrected chi connectivity index (χ4v) is 5.60. The monoisotopic (exact) mass is 546 g/mol. The van der Waals surface area contributed by atoms with Gasteiger partial charge in [-0.05, 0) is 54.3 Å². The van der Waals surface area contributed by atoms with Crippen molar-refractivity contribution >= 4 is 33.3 Å². The highest BCUT2D eigenvalue weighted by molar-refractivity contribution is 7.91. The van der Waals surface area contributed by atoms with Crippen molar-refractivity contribution in [2.45, 2.75) is 37.0 Å². The lowest BCUT2D eigenvalue weighted by Gasteiger charge is -2.23. The molecule has 0 radical (unpaired) electrons. The Balaban J connectivity index is 1.37. The molecule has 0 bridgehead atoms. The van der Waals surface area contributed by atoms with E-state index in [4.69, 9.17) is 0 Å². The summed E-state index contributed by atoms with van der Waals surface area (Å²) >= 11 is 0. The van der Waals surface area contributed by atoms with Crippen molar-refractivity contribution in [1.82, 2.24) is 9.88 Å². The minimum Gasteiger partial charge on any atom is -0.406 e. The second-order valence-electron chi connectivity index (χ2n) is 8.96. The van der Waals surface area contributed by atoms with E-state index in [-0.39, 0.29) is 23.7 Å². The first-order valence-corrected chi connectivity index (χ1v) is 13.1. The van der Waals surface area contributed by atoms with Crippen LogP contribution in [0.25, 0.3) is 0 Å². The summed E-state index contributed by atoms with van der Waals surface area (Å²) in [5.74, 6) is -1.25. The van der Waals surface area contributed by atoms with Crippen LogP contribution in [-0.2, 0) is 27.1 Å². The van der Waals surface area contributed by atoms with Gasteiger partial charge in [0.1, 0.15) is 11.3 Å². The standard InChI is InChI=1S/C25H21F3N4O5S/c26-25(27,28)37-20-8-6-19(7-9-20)32-22(33)24(11-12-24)31(23(32)34)15-18-10-13-29-14-21(18)30-38(35,36)16-17-4-2-1-3-5-17/h1-10,13-14,30H,11-12,15-16H2. The number of aromatic nitrogens is 1. The number of hydrogen-bond acceptors (Lipinski definition) is 6. The number of nitrogens with one attached hydrogen (secondary N) is 1. The number of carbonyl (C=O) groups is 2. The number of rotatable bonds is 8. The molecular formula is C25H21F3N4O5S. The van der Waals surface area contributed by atoms with Crippen molar-refractivity contribution in [1.29, 1.82) is 0 Å². The predicted molar refractivity (Wildman–Crippen MR) is 130 cm³/mol. The van der Waals surface area contributed by atoms with Crippen LogP contribution in [0.4, 0.5) is 29.3 Å². The summed E-state index contributed by atoms with van der Waals surface area (Å²) in [6.45, 7) is -0.0813. The van der Waals surface area contributed by atoms with Crippen molar-refractivity contribution in [2.75, 3.05) is 9.62 Å². The number of benzene rings is 2. The maximum atomic E-state index is 13.4. The molecule has 1 saturated heterocycles. The molecule has 1 N–H and O–H groups in total. The van der Waals surface area contributed by atoms with Crippen molar-refractivity contribution in [2.24, 2.45) is 0 Å². The third kappa shape index (κ3) is 5.14. The van der Waals surface area contributed by atoms with Crippen LogP contribution in [0.2, 0.25) is 0 Å².